The van der Waals surface area contributed by atoms with Gasteiger partial charge in [0.05, 0.1) is 0 Å². The van der Waals surface area contributed by atoms with Gasteiger partial charge in [-0.05, 0) is 29.7 Å². The van der Waals surface area contributed by atoms with Crippen LogP contribution in [0.4, 0.5) is 0 Å². The number of halogens is 1. The second-order valence-corrected chi connectivity index (χ2v) is 3.86. The number of carbonyl (C=O) groups is 1. The normalized spacial score (nSPS) is 10.2. The van der Waals surface area contributed by atoms with Crippen LogP contribution < -0.4 is 0 Å². The van der Waals surface area contributed by atoms with E-state index in [1.807, 2.05) is 19.1 Å². The third-order valence-electron chi connectivity index (χ3n) is 2.26. The first-order chi connectivity index (χ1) is 6.71. The van der Waals surface area contributed by atoms with Crippen molar-refractivity contribution >= 4 is 21.7 Å². The summed E-state index contributed by atoms with van der Waals surface area (Å²) in [7, 11) is 0. The van der Waals surface area contributed by atoms with Crippen LogP contribution in [0.2, 0.25) is 0 Å². The first-order valence-corrected chi connectivity index (χ1v) is 6.05. The van der Waals surface area contributed by atoms with Crippen LogP contribution in [0.25, 0.3) is 0 Å². The van der Waals surface area contributed by atoms with Crippen molar-refractivity contribution in [3.8, 4) is 0 Å². The van der Waals surface area contributed by atoms with E-state index in [1.54, 1.807) is 0 Å². The quantitative estimate of drug-likeness (QED) is 0.591. The van der Waals surface area contributed by atoms with E-state index >= 15 is 0 Å². The van der Waals surface area contributed by atoms with Crippen LogP contribution in [0, 0.1) is 0 Å². The predicted octanol–water partition coefficient (Wildman–Crippen LogP) is 3.74. The first-order valence-electron chi connectivity index (χ1n) is 4.93. The fraction of sp³-hybridized carbons (Fsp3) is 0.417. The molecule has 0 aromatic heterocycles. The van der Waals surface area contributed by atoms with Gasteiger partial charge in [-0.25, -0.2) is 0 Å². The Hall–Kier alpha value is -0.630. The predicted molar refractivity (Wildman–Crippen MR) is 63.1 cm³/mol. The Bertz CT molecular complexity index is 309. The van der Waals surface area contributed by atoms with E-state index in [1.165, 1.54) is 11.1 Å². The lowest BCUT2D eigenvalue weighted by Crippen LogP contribution is -1.99. The summed E-state index contributed by atoms with van der Waals surface area (Å²) >= 11 is 3.41. The van der Waals surface area contributed by atoms with Gasteiger partial charge in [-0.15, -0.1) is 0 Å². The van der Waals surface area contributed by atoms with E-state index in [4.69, 9.17) is 0 Å². The van der Waals surface area contributed by atoms with Crippen molar-refractivity contribution in [2.24, 2.45) is 0 Å². The lowest BCUT2D eigenvalue weighted by molar-refractivity contribution is 0.0988. The molecule has 0 amide bonds. The molecule has 0 atom stereocenters. The van der Waals surface area contributed by atoms with E-state index in [9.17, 15) is 4.79 Å². The number of carbonyl (C=O) groups excluding carboxylic acids is 1. The molecule has 14 heavy (non-hydrogen) atoms. The third-order valence-corrected chi connectivity index (χ3v) is 2.91. The van der Waals surface area contributed by atoms with Crippen molar-refractivity contribution in [1.82, 2.24) is 0 Å². The highest BCUT2D eigenvalue weighted by molar-refractivity contribution is 9.08. The largest absolute Gasteiger partial charge is 0.294 e. The van der Waals surface area contributed by atoms with Gasteiger partial charge < -0.3 is 0 Å². The molecular weight excluding hydrogens is 240 g/mol. The van der Waals surface area contributed by atoms with Gasteiger partial charge in [0.25, 0.3) is 0 Å². The number of alkyl halides is 1. The van der Waals surface area contributed by atoms with Crippen LogP contribution >= 0.6 is 15.9 Å². The van der Waals surface area contributed by atoms with Gasteiger partial charge in [-0.1, -0.05) is 35.8 Å². The van der Waals surface area contributed by atoms with E-state index in [2.05, 4.69) is 28.9 Å². The standard InChI is InChI=1S/C12H15BrO/c1-3-9-5-10(8-13)7-11(6-9)12(14)4-2/h5-7H,3-4,8H2,1-2H3. The monoisotopic (exact) mass is 254 g/mol. The Labute approximate surface area is 93.7 Å². The molecule has 0 bridgehead atoms. The minimum atomic E-state index is 0.225. The molecule has 0 aliphatic carbocycles. The maximum absolute atomic E-state index is 11.5. The number of rotatable bonds is 4. The molecule has 2 heteroatoms. The van der Waals surface area contributed by atoms with E-state index < -0.39 is 0 Å². The average molecular weight is 255 g/mol. The van der Waals surface area contributed by atoms with Crippen LogP contribution in [0.5, 0.6) is 0 Å². The van der Waals surface area contributed by atoms with Crippen molar-refractivity contribution in [3.63, 3.8) is 0 Å². The second-order valence-electron chi connectivity index (χ2n) is 3.30. The molecule has 0 N–H and O–H groups in total. The molecule has 0 heterocycles. The van der Waals surface area contributed by atoms with E-state index in [0.29, 0.717) is 6.42 Å². The molecule has 1 aromatic carbocycles. The van der Waals surface area contributed by atoms with Gasteiger partial charge >= 0.3 is 0 Å². The summed E-state index contributed by atoms with van der Waals surface area (Å²) in [6.45, 7) is 4.00. The summed E-state index contributed by atoms with van der Waals surface area (Å²) < 4.78 is 0. The molecule has 0 fully saturated rings. The zero-order valence-electron chi connectivity index (χ0n) is 8.64. The summed E-state index contributed by atoms with van der Waals surface area (Å²) in [6, 6.07) is 6.11. The molecule has 0 saturated carbocycles. The Balaban J connectivity index is 3.10. The summed E-state index contributed by atoms with van der Waals surface area (Å²) in [5.74, 6) is 0.225. The summed E-state index contributed by atoms with van der Waals surface area (Å²) in [5, 5.41) is 0.810. The average Bonchev–Trinajstić information content (AvgIpc) is 2.27. The number of Topliss-reactive ketones (excluding diaryl/α,β-unsaturated/α-hetero) is 1. The Kier molecular flexibility index (Phi) is 4.33. The van der Waals surface area contributed by atoms with Crippen molar-refractivity contribution in [1.29, 1.82) is 0 Å². The number of benzene rings is 1. The fourth-order valence-corrected chi connectivity index (χ4v) is 1.73. The number of hydrogen-bond donors (Lipinski definition) is 0. The molecule has 0 spiro atoms. The molecule has 0 aliphatic rings. The summed E-state index contributed by atoms with van der Waals surface area (Å²) in [5.41, 5.74) is 3.27. The van der Waals surface area contributed by atoms with Crippen molar-refractivity contribution < 1.29 is 4.79 Å². The first kappa shape index (κ1) is 11.4. The second kappa shape index (κ2) is 5.30. The van der Waals surface area contributed by atoms with Gasteiger partial charge in [-0.3, -0.25) is 4.79 Å². The molecule has 0 unspecified atom stereocenters. The van der Waals surface area contributed by atoms with Gasteiger partial charge in [0.1, 0.15) is 0 Å². The van der Waals surface area contributed by atoms with Gasteiger partial charge in [0, 0.05) is 17.3 Å². The fourth-order valence-electron chi connectivity index (χ4n) is 1.41. The van der Waals surface area contributed by atoms with Gasteiger partial charge in [0.15, 0.2) is 5.78 Å². The highest BCUT2D eigenvalue weighted by atomic mass is 79.9. The van der Waals surface area contributed by atoms with Crippen LogP contribution in [0.3, 0.4) is 0 Å². The summed E-state index contributed by atoms with van der Waals surface area (Å²) in [4.78, 5) is 11.5. The maximum Gasteiger partial charge on any atom is 0.162 e. The smallest absolute Gasteiger partial charge is 0.162 e. The van der Waals surface area contributed by atoms with E-state index in [0.717, 1.165) is 17.3 Å². The lowest BCUT2D eigenvalue weighted by Gasteiger charge is -2.05. The Morgan fingerprint density at radius 2 is 1.86 bits per heavy atom. The zero-order chi connectivity index (χ0) is 10.6. The highest BCUT2D eigenvalue weighted by Crippen LogP contribution is 2.15. The van der Waals surface area contributed by atoms with Crippen molar-refractivity contribution in [2.45, 2.75) is 32.0 Å². The van der Waals surface area contributed by atoms with Crippen LogP contribution in [0.1, 0.15) is 41.8 Å². The molecule has 0 radical (unpaired) electrons. The number of ketones is 1. The maximum atomic E-state index is 11.5. The van der Waals surface area contributed by atoms with Gasteiger partial charge in [0.2, 0.25) is 0 Å². The summed E-state index contributed by atoms with van der Waals surface area (Å²) in [6.07, 6.45) is 1.56. The Morgan fingerprint density at radius 3 is 2.36 bits per heavy atom. The number of aryl methyl sites for hydroxylation is 1. The minimum absolute atomic E-state index is 0.225. The van der Waals surface area contributed by atoms with Crippen LogP contribution in [0.15, 0.2) is 18.2 Å². The lowest BCUT2D eigenvalue weighted by atomic mass is 10.0. The third kappa shape index (κ3) is 2.68. The molecular formula is C12H15BrO. The SMILES string of the molecule is CCC(=O)c1cc(CC)cc(CBr)c1. The number of hydrogen-bond acceptors (Lipinski definition) is 1. The van der Waals surface area contributed by atoms with Crippen LogP contribution in [-0.4, -0.2) is 5.78 Å². The van der Waals surface area contributed by atoms with Crippen molar-refractivity contribution in [2.75, 3.05) is 0 Å². The Morgan fingerprint density at radius 1 is 1.21 bits per heavy atom. The zero-order valence-corrected chi connectivity index (χ0v) is 10.2. The van der Waals surface area contributed by atoms with E-state index in [-0.39, 0.29) is 5.78 Å². The molecule has 1 aromatic rings. The molecule has 0 aliphatic heterocycles. The molecule has 1 nitrogen and oxygen atoms in total. The highest BCUT2D eigenvalue weighted by Gasteiger charge is 2.05. The van der Waals surface area contributed by atoms with Crippen molar-refractivity contribution in [3.05, 3.63) is 34.9 Å². The molecule has 76 valence electrons. The molecule has 0 saturated heterocycles. The molecule has 1 rings (SSSR count). The topological polar surface area (TPSA) is 17.1 Å². The van der Waals surface area contributed by atoms with Gasteiger partial charge in [-0.2, -0.15) is 0 Å². The van der Waals surface area contributed by atoms with Crippen LogP contribution in [-0.2, 0) is 11.8 Å². The minimum Gasteiger partial charge on any atom is -0.294 e.